The van der Waals surface area contributed by atoms with E-state index in [2.05, 4.69) is 17.3 Å². The second-order valence-electron chi connectivity index (χ2n) is 5.07. The summed E-state index contributed by atoms with van der Waals surface area (Å²) in [6.07, 6.45) is 3.73. The van der Waals surface area contributed by atoms with Crippen LogP contribution >= 0.6 is 0 Å². The van der Waals surface area contributed by atoms with Gasteiger partial charge in [0.2, 0.25) is 5.91 Å². The number of nitrogens with one attached hydrogen (secondary N) is 1. The van der Waals surface area contributed by atoms with Crippen LogP contribution in [-0.4, -0.2) is 43.5 Å². The molecule has 1 saturated heterocycles. The minimum Gasteiger partial charge on any atom is -0.356 e. The summed E-state index contributed by atoms with van der Waals surface area (Å²) in [5.74, 6) is 0.812. The van der Waals surface area contributed by atoms with Gasteiger partial charge < -0.3 is 16.0 Å². The number of carbonyl (C=O) groups is 1. The SMILES string of the molecule is CC(N)CCC(=O)NCC1CCN(C)CC1. The van der Waals surface area contributed by atoms with Crippen LogP contribution in [0, 0.1) is 5.92 Å². The maximum absolute atomic E-state index is 11.5. The van der Waals surface area contributed by atoms with Crippen molar-refractivity contribution in [3.8, 4) is 0 Å². The average molecular weight is 227 g/mol. The van der Waals surface area contributed by atoms with Crippen molar-refractivity contribution in [2.24, 2.45) is 11.7 Å². The van der Waals surface area contributed by atoms with Crippen LogP contribution in [0.4, 0.5) is 0 Å². The molecule has 0 aromatic heterocycles. The van der Waals surface area contributed by atoms with Crippen molar-refractivity contribution in [3.63, 3.8) is 0 Å². The van der Waals surface area contributed by atoms with Gasteiger partial charge in [-0.1, -0.05) is 0 Å². The van der Waals surface area contributed by atoms with Gasteiger partial charge in [0.05, 0.1) is 0 Å². The molecule has 1 heterocycles. The van der Waals surface area contributed by atoms with E-state index in [9.17, 15) is 4.79 Å². The molecule has 94 valence electrons. The topological polar surface area (TPSA) is 58.4 Å². The molecule has 1 fully saturated rings. The molecule has 0 aromatic rings. The molecule has 1 amide bonds. The molecule has 0 saturated carbocycles. The Bertz CT molecular complexity index is 210. The number of nitrogens with zero attached hydrogens (tertiary/aromatic N) is 1. The lowest BCUT2D eigenvalue weighted by Gasteiger charge is -2.28. The van der Waals surface area contributed by atoms with Crippen LogP contribution in [0.1, 0.15) is 32.6 Å². The fourth-order valence-corrected chi connectivity index (χ4v) is 1.97. The first-order chi connectivity index (χ1) is 7.58. The van der Waals surface area contributed by atoms with E-state index in [0.717, 1.165) is 26.1 Å². The van der Waals surface area contributed by atoms with Crippen molar-refractivity contribution >= 4 is 5.91 Å². The van der Waals surface area contributed by atoms with E-state index in [1.165, 1.54) is 12.8 Å². The largest absolute Gasteiger partial charge is 0.356 e. The normalized spacial score (nSPS) is 20.7. The van der Waals surface area contributed by atoms with E-state index in [1.54, 1.807) is 0 Å². The molecule has 1 rings (SSSR count). The monoisotopic (exact) mass is 227 g/mol. The van der Waals surface area contributed by atoms with Crippen LogP contribution in [-0.2, 0) is 4.79 Å². The first kappa shape index (κ1) is 13.5. The number of carbonyl (C=O) groups excluding carboxylic acids is 1. The minimum absolute atomic E-state index is 0.120. The molecule has 4 nitrogen and oxygen atoms in total. The molecule has 1 unspecified atom stereocenters. The highest BCUT2D eigenvalue weighted by Gasteiger charge is 2.16. The molecule has 0 bridgehead atoms. The number of rotatable bonds is 5. The molecular formula is C12H25N3O. The third-order valence-electron chi connectivity index (χ3n) is 3.25. The molecule has 1 atom stereocenters. The van der Waals surface area contributed by atoms with Gasteiger partial charge in [-0.3, -0.25) is 4.79 Å². The summed E-state index contributed by atoms with van der Waals surface area (Å²) in [5.41, 5.74) is 5.61. The number of piperidine rings is 1. The van der Waals surface area contributed by atoms with Crippen LogP contribution < -0.4 is 11.1 Å². The highest BCUT2D eigenvalue weighted by Crippen LogP contribution is 2.14. The Kier molecular flexibility index (Phi) is 5.77. The number of nitrogens with two attached hydrogens (primary N) is 1. The molecule has 1 aliphatic rings. The van der Waals surface area contributed by atoms with Gasteiger partial charge in [0.1, 0.15) is 0 Å². The molecule has 0 radical (unpaired) electrons. The number of hydrogen-bond donors (Lipinski definition) is 2. The Morgan fingerprint density at radius 3 is 2.69 bits per heavy atom. The summed E-state index contributed by atoms with van der Waals surface area (Å²) in [5, 5.41) is 3.01. The van der Waals surface area contributed by atoms with E-state index in [-0.39, 0.29) is 11.9 Å². The zero-order chi connectivity index (χ0) is 12.0. The van der Waals surface area contributed by atoms with Crippen molar-refractivity contribution in [3.05, 3.63) is 0 Å². The van der Waals surface area contributed by atoms with Crippen LogP contribution in [0.2, 0.25) is 0 Å². The number of hydrogen-bond acceptors (Lipinski definition) is 3. The predicted octanol–water partition coefficient (Wildman–Crippen LogP) is 0.572. The summed E-state index contributed by atoms with van der Waals surface area (Å²) in [6, 6.07) is 0.120. The Hall–Kier alpha value is -0.610. The summed E-state index contributed by atoms with van der Waals surface area (Å²) in [4.78, 5) is 13.8. The van der Waals surface area contributed by atoms with Crippen molar-refractivity contribution in [2.45, 2.75) is 38.6 Å². The van der Waals surface area contributed by atoms with Crippen LogP contribution in [0.5, 0.6) is 0 Å². The first-order valence-electron chi connectivity index (χ1n) is 6.28. The van der Waals surface area contributed by atoms with Gasteiger partial charge in [0, 0.05) is 19.0 Å². The second kappa shape index (κ2) is 6.86. The van der Waals surface area contributed by atoms with Gasteiger partial charge in [-0.2, -0.15) is 0 Å². The van der Waals surface area contributed by atoms with E-state index >= 15 is 0 Å². The lowest BCUT2D eigenvalue weighted by Crippen LogP contribution is -2.37. The van der Waals surface area contributed by atoms with Crippen LogP contribution in [0.3, 0.4) is 0 Å². The lowest BCUT2D eigenvalue weighted by atomic mass is 9.97. The standard InChI is InChI=1S/C12H25N3O/c1-10(13)3-4-12(16)14-9-11-5-7-15(2)8-6-11/h10-11H,3-9,13H2,1-2H3,(H,14,16). The average Bonchev–Trinajstić information content (AvgIpc) is 2.25. The molecule has 0 spiro atoms. The van der Waals surface area contributed by atoms with E-state index in [0.29, 0.717) is 12.3 Å². The third-order valence-corrected chi connectivity index (χ3v) is 3.25. The second-order valence-corrected chi connectivity index (χ2v) is 5.07. The number of amides is 1. The molecule has 1 aliphatic heterocycles. The van der Waals surface area contributed by atoms with Crippen molar-refractivity contribution < 1.29 is 4.79 Å². The molecule has 16 heavy (non-hydrogen) atoms. The van der Waals surface area contributed by atoms with E-state index in [4.69, 9.17) is 5.73 Å². The van der Waals surface area contributed by atoms with Crippen LogP contribution in [0.25, 0.3) is 0 Å². The van der Waals surface area contributed by atoms with Gasteiger partial charge in [-0.05, 0) is 52.2 Å². The molecule has 3 N–H and O–H groups in total. The maximum atomic E-state index is 11.5. The van der Waals surface area contributed by atoms with Gasteiger partial charge in [-0.25, -0.2) is 0 Å². The van der Waals surface area contributed by atoms with Crippen molar-refractivity contribution in [2.75, 3.05) is 26.7 Å². The zero-order valence-corrected chi connectivity index (χ0v) is 10.5. The zero-order valence-electron chi connectivity index (χ0n) is 10.5. The Morgan fingerprint density at radius 2 is 2.12 bits per heavy atom. The van der Waals surface area contributed by atoms with Crippen LogP contribution in [0.15, 0.2) is 0 Å². The Labute approximate surface area is 98.6 Å². The van der Waals surface area contributed by atoms with Crippen molar-refractivity contribution in [1.29, 1.82) is 0 Å². The summed E-state index contributed by atoms with van der Waals surface area (Å²) in [6.45, 7) is 5.08. The molecule has 0 aromatic carbocycles. The quantitative estimate of drug-likeness (QED) is 0.722. The summed E-state index contributed by atoms with van der Waals surface area (Å²) < 4.78 is 0. The predicted molar refractivity (Wildman–Crippen MR) is 66.1 cm³/mol. The molecule has 4 heteroatoms. The fourth-order valence-electron chi connectivity index (χ4n) is 1.97. The molecule has 0 aliphatic carbocycles. The molecular weight excluding hydrogens is 202 g/mol. The Balaban J connectivity index is 2.07. The van der Waals surface area contributed by atoms with Gasteiger partial charge in [0.25, 0.3) is 0 Å². The minimum atomic E-state index is 0.120. The van der Waals surface area contributed by atoms with E-state index in [1.807, 2.05) is 6.92 Å². The summed E-state index contributed by atoms with van der Waals surface area (Å²) in [7, 11) is 2.15. The third kappa shape index (κ3) is 5.47. The fraction of sp³-hybridized carbons (Fsp3) is 0.917. The van der Waals surface area contributed by atoms with Crippen molar-refractivity contribution in [1.82, 2.24) is 10.2 Å². The highest BCUT2D eigenvalue weighted by molar-refractivity contribution is 5.75. The maximum Gasteiger partial charge on any atom is 0.220 e. The van der Waals surface area contributed by atoms with E-state index < -0.39 is 0 Å². The highest BCUT2D eigenvalue weighted by atomic mass is 16.1. The lowest BCUT2D eigenvalue weighted by molar-refractivity contribution is -0.121. The smallest absolute Gasteiger partial charge is 0.220 e. The summed E-state index contributed by atoms with van der Waals surface area (Å²) >= 11 is 0. The van der Waals surface area contributed by atoms with Gasteiger partial charge in [0.15, 0.2) is 0 Å². The van der Waals surface area contributed by atoms with Gasteiger partial charge in [-0.15, -0.1) is 0 Å². The first-order valence-corrected chi connectivity index (χ1v) is 6.28. The van der Waals surface area contributed by atoms with Gasteiger partial charge >= 0.3 is 0 Å². The Morgan fingerprint density at radius 1 is 1.50 bits per heavy atom. The number of likely N-dealkylation sites (tertiary alicyclic amines) is 1.